The number of nitrogens with two attached hydrogens (primary N) is 1. The smallest absolute Gasteiger partial charge is 0.239 e. The minimum atomic E-state index is -0.493. The third-order valence-electron chi connectivity index (χ3n) is 4.36. The van der Waals surface area contributed by atoms with Crippen LogP contribution in [0.4, 0.5) is 5.69 Å². The summed E-state index contributed by atoms with van der Waals surface area (Å²) in [5, 5.41) is 9.32. The van der Waals surface area contributed by atoms with Gasteiger partial charge < -0.3 is 11.1 Å². The molecule has 28 heavy (non-hydrogen) atoms. The number of hydrogen-bond donors (Lipinski definition) is 2. The van der Waals surface area contributed by atoms with Crippen molar-refractivity contribution in [2.75, 3.05) is 5.32 Å². The maximum Gasteiger partial charge on any atom is 0.239 e. The molecule has 1 amide bonds. The van der Waals surface area contributed by atoms with Gasteiger partial charge in [0.05, 0.1) is 22.3 Å². The lowest BCUT2D eigenvalue weighted by atomic mass is 10.1. The Bertz CT molecular complexity index is 1170. The molecule has 1 aromatic carbocycles. The predicted octanol–water partition coefficient (Wildman–Crippen LogP) is 2.97. The van der Waals surface area contributed by atoms with Crippen LogP contribution in [0.3, 0.4) is 0 Å². The number of nitrogens with one attached hydrogen (secondary N) is 1. The van der Waals surface area contributed by atoms with Gasteiger partial charge in [-0.05, 0) is 36.6 Å². The average molecular weight is 391 g/mol. The van der Waals surface area contributed by atoms with Crippen LogP contribution in [0.2, 0.25) is 0 Å². The van der Waals surface area contributed by atoms with Crippen LogP contribution in [0.1, 0.15) is 22.2 Å². The highest BCUT2D eigenvalue weighted by Crippen LogP contribution is 2.25. The number of hydrogen-bond acceptors (Lipinski definition) is 6. The maximum absolute atomic E-state index is 12.7. The topological polar surface area (TPSA) is 102 Å². The van der Waals surface area contributed by atoms with Crippen LogP contribution < -0.4 is 11.1 Å². The number of nitrogens with zero attached hydrogens (tertiary/aromatic N) is 3. The molecule has 4 aromatic rings. The fourth-order valence-corrected chi connectivity index (χ4v) is 3.58. The standard InChI is InChI=1S/C20H17N5O2S/c1-12(19(21)27)24-14-5-2-4-13(10-14)16-7-8-22-20-15(11-23-25(16)20)18(26)17-6-3-9-28-17/h2-12,24H,1H3,(H2,21,27)/t12-/m0/s1. The van der Waals surface area contributed by atoms with Gasteiger partial charge in [0, 0.05) is 17.4 Å². The van der Waals surface area contributed by atoms with Gasteiger partial charge in [0.25, 0.3) is 0 Å². The Balaban J connectivity index is 1.74. The van der Waals surface area contributed by atoms with Crippen molar-refractivity contribution in [2.45, 2.75) is 13.0 Å². The van der Waals surface area contributed by atoms with Crippen molar-refractivity contribution < 1.29 is 9.59 Å². The third-order valence-corrected chi connectivity index (χ3v) is 5.23. The van der Waals surface area contributed by atoms with Crippen LogP contribution in [0.15, 0.2) is 60.2 Å². The van der Waals surface area contributed by atoms with Gasteiger partial charge in [0.15, 0.2) is 5.65 Å². The van der Waals surface area contributed by atoms with Crippen molar-refractivity contribution in [1.82, 2.24) is 14.6 Å². The van der Waals surface area contributed by atoms with E-state index < -0.39 is 11.9 Å². The van der Waals surface area contributed by atoms with Crippen LogP contribution in [0.5, 0.6) is 0 Å². The first-order valence-electron chi connectivity index (χ1n) is 8.62. The number of carbonyl (C=O) groups excluding carboxylic acids is 2. The fourth-order valence-electron chi connectivity index (χ4n) is 2.90. The van der Waals surface area contributed by atoms with Gasteiger partial charge in [0.1, 0.15) is 6.04 Å². The number of amides is 1. The van der Waals surface area contributed by atoms with E-state index in [1.807, 2.05) is 41.8 Å². The molecule has 0 radical (unpaired) electrons. The number of benzene rings is 1. The minimum absolute atomic E-state index is 0.0969. The maximum atomic E-state index is 12.7. The van der Waals surface area contributed by atoms with Gasteiger partial charge >= 0.3 is 0 Å². The van der Waals surface area contributed by atoms with Crippen molar-refractivity contribution in [3.63, 3.8) is 0 Å². The van der Waals surface area contributed by atoms with Crippen LogP contribution in [0, 0.1) is 0 Å². The Kier molecular flexibility index (Phi) is 4.62. The molecule has 3 heterocycles. The van der Waals surface area contributed by atoms with Crippen molar-refractivity contribution >= 4 is 34.4 Å². The predicted molar refractivity (Wildman–Crippen MR) is 108 cm³/mol. The molecule has 0 saturated heterocycles. The summed E-state index contributed by atoms with van der Waals surface area (Å²) in [5.74, 6) is -0.527. The average Bonchev–Trinajstić information content (AvgIpc) is 3.37. The van der Waals surface area contributed by atoms with E-state index in [1.165, 1.54) is 11.3 Å². The molecule has 8 heteroatoms. The number of ketones is 1. The number of anilines is 1. The Morgan fingerprint density at radius 1 is 1.21 bits per heavy atom. The summed E-state index contributed by atoms with van der Waals surface area (Å²) >= 11 is 1.39. The summed E-state index contributed by atoms with van der Waals surface area (Å²) in [7, 11) is 0. The van der Waals surface area contributed by atoms with Gasteiger partial charge in [-0.15, -0.1) is 11.3 Å². The molecule has 140 valence electrons. The lowest BCUT2D eigenvalue weighted by Gasteiger charge is -2.13. The second-order valence-electron chi connectivity index (χ2n) is 6.28. The van der Waals surface area contributed by atoms with E-state index in [-0.39, 0.29) is 5.78 Å². The van der Waals surface area contributed by atoms with E-state index in [9.17, 15) is 9.59 Å². The first-order valence-corrected chi connectivity index (χ1v) is 9.50. The number of rotatable bonds is 6. The van der Waals surface area contributed by atoms with Crippen molar-refractivity contribution in [2.24, 2.45) is 5.73 Å². The zero-order valence-corrected chi connectivity index (χ0v) is 15.8. The van der Waals surface area contributed by atoms with E-state index in [2.05, 4.69) is 15.4 Å². The lowest BCUT2D eigenvalue weighted by molar-refractivity contribution is -0.118. The monoisotopic (exact) mass is 391 g/mol. The number of carbonyl (C=O) groups is 2. The van der Waals surface area contributed by atoms with Crippen molar-refractivity contribution in [1.29, 1.82) is 0 Å². The van der Waals surface area contributed by atoms with Gasteiger partial charge in [-0.1, -0.05) is 18.2 Å². The number of primary amides is 1. The van der Waals surface area contributed by atoms with E-state index in [1.54, 1.807) is 29.9 Å². The molecule has 0 spiro atoms. The third kappa shape index (κ3) is 3.25. The SMILES string of the molecule is C[C@H](Nc1cccc(-c2ccnc3c(C(=O)c4cccs4)cnn23)c1)C(N)=O. The molecular formula is C20H17N5O2S. The van der Waals surface area contributed by atoms with Gasteiger partial charge in [0.2, 0.25) is 11.7 Å². The van der Waals surface area contributed by atoms with Gasteiger partial charge in [-0.3, -0.25) is 9.59 Å². The molecule has 4 rings (SSSR count). The Morgan fingerprint density at radius 2 is 2.07 bits per heavy atom. The second-order valence-corrected chi connectivity index (χ2v) is 7.23. The summed E-state index contributed by atoms with van der Waals surface area (Å²) in [5.41, 5.74) is 8.69. The van der Waals surface area contributed by atoms with Crippen molar-refractivity contribution in [3.8, 4) is 11.3 Å². The first-order chi connectivity index (χ1) is 13.5. The fraction of sp³-hybridized carbons (Fsp3) is 0.100. The zero-order chi connectivity index (χ0) is 19.7. The molecule has 0 fully saturated rings. The number of fused-ring (bicyclic) bond motifs is 1. The molecule has 1 atom stereocenters. The molecule has 0 aliphatic heterocycles. The van der Waals surface area contributed by atoms with E-state index >= 15 is 0 Å². The van der Waals surface area contributed by atoms with Crippen molar-refractivity contribution in [3.05, 3.63) is 70.7 Å². The second kappa shape index (κ2) is 7.24. The molecule has 0 aliphatic carbocycles. The van der Waals surface area contributed by atoms with E-state index in [0.29, 0.717) is 16.1 Å². The molecule has 0 unspecified atom stereocenters. The van der Waals surface area contributed by atoms with Crippen LogP contribution in [-0.4, -0.2) is 32.3 Å². The van der Waals surface area contributed by atoms with Gasteiger partial charge in [-0.2, -0.15) is 5.10 Å². The first kappa shape index (κ1) is 17.9. The Morgan fingerprint density at radius 3 is 2.82 bits per heavy atom. The highest BCUT2D eigenvalue weighted by molar-refractivity contribution is 7.12. The molecule has 0 saturated carbocycles. The number of aromatic nitrogens is 3. The quantitative estimate of drug-likeness (QED) is 0.492. The highest BCUT2D eigenvalue weighted by atomic mass is 32.1. The molecular weight excluding hydrogens is 374 g/mol. The highest BCUT2D eigenvalue weighted by Gasteiger charge is 2.18. The summed E-state index contributed by atoms with van der Waals surface area (Å²) in [6.07, 6.45) is 3.20. The molecule has 0 aliphatic rings. The lowest BCUT2D eigenvalue weighted by Crippen LogP contribution is -2.32. The summed E-state index contributed by atoms with van der Waals surface area (Å²) in [4.78, 5) is 29.0. The largest absolute Gasteiger partial charge is 0.374 e. The van der Waals surface area contributed by atoms with Crippen LogP contribution in [-0.2, 0) is 4.79 Å². The minimum Gasteiger partial charge on any atom is -0.374 e. The van der Waals surface area contributed by atoms with Crippen LogP contribution in [0.25, 0.3) is 16.9 Å². The summed E-state index contributed by atoms with van der Waals surface area (Å²) in [6, 6.07) is 12.5. The Labute approximate surface area is 164 Å². The molecule has 0 bridgehead atoms. The molecule has 3 N–H and O–H groups in total. The normalized spacial score (nSPS) is 12.0. The Hall–Kier alpha value is -3.52. The van der Waals surface area contributed by atoms with E-state index in [4.69, 9.17) is 5.73 Å². The number of thiophene rings is 1. The summed E-state index contributed by atoms with van der Waals surface area (Å²) < 4.78 is 1.65. The van der Waals surface area contributed by atoms with Gasteiger partial charge in [-0.25, -0.2) is 9.50 Å². The van der Waals surface area contributed by atoms with Crippen LogP contribution >= 0.6 is 11.3 Å². The summed E-state index contributed by atoms with van der Waals surface area (Å²) in [6.45, 7) is 1.70. The molecule has 7 nitrogen and oxygen atoms in total. The zero-order valence-electron chi connectivity index (χ0n) is 15.0. The van der Waals surface area contributed by atoms with E-state index in [0.717, 1.165) is 16.9 Å². The molecule has 3 aromatic heterocycles.